The van der Waals surface area contributed by atoms with E-state index in [1.165, 1.54) is 13.1 Å². The first-order chi connectivity index (χ1) is 12.8. The molecular weight excluding hydrogens is 374 g/mol. The molecule has 1 unspecified atom stereocenters. The highest BCUT2D eigenvalue weighted by Crippen LogP contribution is 2.24. The van der Waals surface area contributed by atoms with Crippen molar-refractivity contribution >= 4 is 21.6 Å². The van der Waals surface area contributed by atoms with E-state index in [2.05, 4.69) is 15.3 Å². The summed E-state index contributed by atoms with van der Waals surface area (Å²) >= 11 is 0. The number of piperidine rings is 1. The number of H-pyrrole nitrogens is 2. The Bertz CT molecular complexity index is 1060. The molecule has 0 radical (unpaired) electrons. The molecule has 3 N–H and O–H groups in total. The molecule has 0 aliphatic carbocycles. The van der Waals surface area contributed by atoms with Crippen LogP contribution in [0.2, 0.25) is 0 Å². The molecule has 3 rings (SSSR count). The van der Waals surface area contributed by atoms with E-state index in [1.807, 2.05) is 4.98 Å². The third-order valence-electron chi connectivity index (χ3n) is 4.36. The van der Waals surface area contributed by atoms with E-state index in [0.29, 0.717) is 18.5 Å². The molecule has 3 heterocycles. The molecule has 11 heteroatoms. The Morgan fingerprint density at radius 3 is 2.78 bits per heavy atom. The van der Waals surface area contributed by atoms with Gasteiger partial charge in [-0.1, -0.05) is 0 Å². The van der Waals surface area contributed by atoms with E-state index >= 15 is 0 Å². The van der Waals surface area contributed by atoms with Crippen LogP contribution in [-0.2, 0) is 14.8 Å². The van der Waals surface area contributed by atoms with E-state index in [9.17, 15) is 22.8 Å². The summed E-state index contributed by atoms with van der Waals surface area (Å²) in [5, 5.41) is 2.72. The standard InChI is InChI=1S/C16H19N5O5S/c1-10-13(15(23)20-16(24)18-10)27(25,26)21-7-3-4-11(9-21)14(22)19-12-5-2-6-17-8-12/h2,5-6,8,11H,3-4,7,9H2,1H3,(H,19,22)(H2,18,20,23,24). The number of aromatic amines is 2. The maximum Gasteiger partial charge on any atom is 0.325 e. The first-order valence-electron chi connectivity index (χ1n) is 8.33. The topological polar surface area (TPSA) is 145 Å². The summed E-state index contributed by atoms with van der Waals surface area (Å²) in [6, 6.07) is 3.37. The lowest BCUT2D eigenvalue weighted by Crippen LogP contribution is -2.45. The average Bonchev–Trinajstić information content (AvgIpc) is 2.61. The van der Waals surface area contributed by atoms with Gasteiger partial charge in [-0.25, -0.2) is 13.2 Å². The van der Waals surface area contributed by atoms with Crippen LogP contribution >= 0.6 is 0 Å². The number of sulfonamides is 1. The highest BCUT2D eigenvalue weighted by molar-refractivity contribution is 7.89. The smallest absolute Gasteiger partial charge is 0.324 e. The molecule has 1 aliphatic heterocycles. The lowest BCUT2D eigenvalue weighted by atomic mass is 9.99. The van der Waals surface area contributed by atoms with Crippen LogP contribution in [0.25, 0.3) is 0 Å². The molecule has 10 nitrogen and oxygen atoms in total. The summed E-state index contributed by atoms with van der Waals surface area (Å²) in [7, 11) is -4.15. The molecule has 1 fully saturated rings. The summed E-state index contributed by atoms with van der Waals surface area (Å²) in [4.78, 5) is 43.5. The molecule has 2 aromatic heterocycles. The molecular formula is C16H19N5O5S. The zero-order chi connectivity index (χ0) is 19.6. The van der Waals surface area contributed by atoms with Crippen LogP contribution in [0.15, 0.2) is 39.0 Å². The molecule has 1 aliphatic rings. The fourth-order valence-corrected chi connectivity index (χ4v) is 4.81. The van der Waals surface area contributed by atoms with Gasteiger partial charge in [-0.3, -0.25) is 19.6 Å². The highest BCUT2D eigenvalue weighted by Gasteiger charge is 2.35. The maximum absolute atomic E-state index is 12.9. The van der Waals surface area contributed by atoms with Crippen LogP contribution in [0.5, 0.6) is 0 Å². The molecule has 0 spiro atoms. The van der Waals surface area contributed by atoms with Crippen LogP contribution < -0.4 is 16.6 Å². The second-order valence-electron chi connectivity index (χ2n) is 6.30. The number of carbonyl (C=O) groups is 1. The predicted molar refractivity (Wildman–Crippen MR) is 96.8 cm³/mol. The first-order valence-corrected chi connectivity index (χ1v) is 9.77. The van der Waals surface area contributed by atoms with Gasteiger partial charge in [0.15, 0.2) is 4.90 Å². The number of aryl methyl sites for hydroxylation is 1. The summed E-state index contributed by atoms with van der Waals surface area (Å²) < 4.78 is 26.9. The number of pyridine rings is 1. The molecule has 1 saturated heterocycles. The molecule has 0 saturated carbocycles. The van der Waals surface area contributed by atoms with Crippen molar-refractivity contribution in [3.8, 4) is 0 Å². The molecule has 2 aromatic rings. The highest BCUT2D eigenvalue weighted by atomic mass is 32.2. The van der Waals surface area contributed by atoms with Crippen molar-refractivity contribution in [3.05, 3.63) is 51.1 Å². The second kappa shape index (κ2) is 7.45. The van der Waals surface area contributed by atoms with Gasteiger partial charge in [-0.15, -0.1) is 0 Å². The quantitative estimate of drug-likeness (QED) is 0.656. The van der Waals surface area contributed by atoms with Crippen molar-refractivity contribution in [1.29, 1.82) is 0 Å². The molecule has 144 valence electrons. The van der Waals surface area contributed by atoms with E-state index in [4.69, 9.17) is 0 Å². The van der Waals surface area contributed by atoms with Crippen molar-refractivity contribution in [2.45, 2.75) is 24.7 Å². The van der Waals surface area contributed by atoms with E-state index < -0.39 is 32.1 Å². The SMILES string of the molecule is Cc1[nH]c(=O)[nH]c(=O)c1S(=O)(=O)N1CCCC(C(=O)Nc2cccnc2)C1. The summed E-state index contributed by atoms with van der Waals surface area (Å²) in [5.41, 5.74) is -1.26. The first kappa shape index (κ1) is 19.0. The molecule has 0 aromatic carbocycles. The van der Waals surface area contributed by atoms with Gasteiger partial charge in [0.1, 0.15) is 0 Å². The minimum Gasteiger partial charge on any atom is -0.324 e. The Morgan fingerprint density at radius 2 is 2.11 bits per heavy atom. The number of hydrogen-bond donors (Lipinski definition) is 3. The predicted octanol–water partition coefficient (Wildman–Crippen LogP) is -0.194. The Morgan fingerprint density at radius 1 is 1.33 bits per heavy atom. The number of rotatable bonds is 4. The Hall–Kier alpha value is -2.79. The van der Waals surface area contributed by atoms with Gasteiger partial charge in [0.05, 0.1) is 17.8 Å². The number of nitrogens with one attached hydrogen (secondary N) is 3. The van der Waals surface area contributed by atoms with Gasteiger partial charge in [-0.05, 0) is 31.9 Å². The summed E-state index contributed by atoms with van der Waals surface area (Å²) in [5.74, 6) is -0.870. The van der Waals surface area contributed by atoms with Crippen LogP contribution in [0.3, 0.4) is 0 Å². The van der Waals surface area contributed by atoms with Gasteiger partial charge >= 0.3 is 5.69 Å². The molecule has 0 bridgehead atoms. The van der Waals surface area contributed by atoms with Crippen molar-refractivity contribution in [3.63, 3.8) is 0 Å². The fourth-order valence-electron chi connectivity index (χ4n) is 3.08. The number of anilines is 1. The number of hydrogen-bond acceptors (Lipinski definition) is 6. The van der Waals surface area contributed by atoms with Crippen molar-refractivity contribution in [1.82, 2.24) is 19.3 Å². The fraction of sp³-hybridized carbons (Fsp3) is 0.375. The summed E-state index contributed by atoms with van der Waals surface area (Å²) in [6.45, 7) is 1.49. The van der Waals surface area contributed by atoms with Crippen molar-refractivity contribution < 1.29 is 13.2 Å². The monoisotopic (exact) mass is 393 g/mol. The zero-order valence-corrected chi connectivity index (χ0v) is 15.4. The van der Waals surface area contributed by atoms with Crippen LogP contribution in [0, 0.1) is 12.8 Å². The summed E-state index contributed by atoms with van der Waals surface area (Å²) in [6.07, 6.45) is 4.08. The van der Waals surface area contributed by atoms with Gasteiger partial charge in [0.25, 0.3) is 5.56 Å². The largest absolute Gasteiger partial charge is 0.325 e. The lowest BCUT2D eigenvalue weighted by molar-refractivity contribution is -0.120. The van der Waals surface area contributed by atoms with Gasteiger partial charge in [-0.2, -0.15) is 4.31 Å². The van der Waals surface area contributed by atoms with Crippen LogP contribution in [0.4, 0.5) is 5.69 Å². The minimum absolute atomic E-state index is 0.0364. The number of amides is 1. The molecule has 27 heavy (non-hydrogen) atoms. The minimum atomic E-state index is -4.15. The van der Waals surface area contributed by atoms with Gasteiger partial charge in [0.2, 0.25) is 15.9 Å². The zero-order valence-electron chi connectivity index (χ0n) is 14.6. The van der Waals surface area contributed by atoms with Gasteiger partial charge in [0, 0.05) is 25.0 Å². The normalized spacial score (nSPS) is 18.2. The van der Waals surface area contributed by atoms with Gasteiger partial charge < -0.3 is 10.3 Å². The number of carbonyl (C=O) groups excluding carboxylic acids is 1. The Labute approximate surface area is 154 Å². The van der Waals surface area contributed by atoms with E-state index in [-0.39, 0.29) is 24.7 Å². The number of nitrogens with zero attached hydrogens (tertiary/aromatic N) is 2. The maximum atomic E-state index is 12.9. The van der Waals surface area contributed by atoms with Crippen molar-refractivity contribution in [2.24, 2.45) is 5.92 Å². The van der Waals surface area contributed by atoms with Crippen molar-refractivity contribution in [2.75, 3.05) is 18.4 Å². The third-order valence-corrected chi connectivity index (χ3v) is 6.38. The van der Waals surface area contributed by atoms with Crippen LogP contribution in [0.1, 0.15) is 18.5 Å². The van der Waals surface area contributed by atoms with Crippen LogP contribution in [-0.4, -0.2) is 46.7 Å². The molecule has 1 amide bonds. The number of aromatic nitrogens is 3. The molecule has 1 atom stereocenters. The Kier molecular flexibility index (Phi) is 5.24. The van der Waals surface area contributed by atoms with E-state index in [0.717, 1.165) is 4.31 Å². The third kappa shape index (κ3) is 3.98. The van der Waals surface area contributed by atoms with E-state index in [1.54, 1.807) is 18.3 Å². The average molecular weight is 393 g/mol. The Balaban J connectivity index is 1.82. The lowest BCUT2D eigenvalue weighted by Gasteiger charge is -2.31. The second-order valence-corrected chi connectivity index (χ2v) is 8.17.